The van der Waals surface area contributed by atoms with Gasteiger partial charge in [-0.25, -0.2) is 0 Å². The highest BCUT2D eigenvalue weighted by Gasteiger charge is 2.31. The zero-order valence-corrected chi connectivity index (χ0v) is 8.82. The molecule has 0 aromatic heterocycles. The van der Waals surface area contributed by atoms with Crippen LogP contribution in [0.2, 0.25) is 0 Å². The summed E-state index contributed by atoms with van der Waals surface area (Å²) >= 11 is 0. The number of carbonyl (C=O) groups is 1. The first-order chi connectivity index (χ1) is 6.57. The average Bonchev–Trinajstić information content (AvgIpc) is 2.48. The van der Waals surface area contributed by atoms with Crippen molar-refractivity contribution in [1.29, 1.82) is 5.26 Å². The summed E-state index contributed by atoms with van der Waals surface area (Å²) in [5, 5.41) is 8.53. The van der Waals surface area contributed by atoms with Crippen molar-refractivity contribution in [2.24, 2.45) is 0 Å². The molecule has 4 nitrogen and oxygen atoms in total. The van der Waals surface area contributed by atoms with Crippen LogP contribution in [0.15, 0.2) is 11.8 Å². The van der Waals surface area contributed by atoms with Crippen molar-refractivity contribution in [3.05, 3.63) is 11.8 Å². The molecule has 1 saturated heterocycles. The topological polar surface area (TPSA) is 47.3 Å². The Morgan fingerprint density at radius 2 is 2.36 bits per heavy atom. The summed E-state index contributed by atoms with van der Waals surface area (Å²) < 4.78 is 0. The lowest BCUT2D eigenvalue weighted by Gasteiger charge is -2.24. The third kappa shape index (κ3) is 1.87. The highest BCUT2D eigenvalue weighted by atomic mass is 16.2. The lowest BCUT2D eigenvalue weighted by molar-refractivity contribution is -0.132. The van der Waals surface area contributed by atoms with Gasteiger partial charge in [-0.3, -0.25) is 4.79 Å². The van der Waals surface area contributed by atoms with E-state index in [-0.39, 0.29) is 11.9 Å². The minimum atomic E-state index is -0.0930. The highest BCUT2D eigenvalue weighted by Crippen LogP contribution is 2.25. The van der Waals surface area contributed by atoms with Gasteiger partial charge >= 0.3 is 0 Å². The largest absolute Gasteiger partial charge is 0.365 e. The second-order valence-corrected chi connectivity index (χ2v) is 3.66. The van der Waals surface area contributed by atoms with Gasteiger partial charge in [0.1, 0.15) is 6.04 Å². The molecule has 1 unspecified atom stereocenters. The van der Waals surface area contributed by atoms with Crippen molar-refractivity contribution in [2.75, 3.05) is 21.1 Å². The summed E-state index contributed by atoms with van der Waals surface area (Å²) in [6.07, 6.45) is 3.14. The smallest absolute Gasteiger partial charge is 0.244 e. The second kappa shape index (κ2) is 4.14. The quantitative estimate of drug-likeness (QED) is 0.572. The van der Waals surface area contributed by atoms with Crippen molar-refractivity contribution in [3.63, 3.8) is 0 Å². The number of hydrogen-bond donors (Lipinski definition) is 0. The number of amides is 1. The number of hydrogen-bond acceptors (Lipinski definition) is 3. The molecule has 1 fully saturated rings. The predicted molar refractivity (Wildman–Crippen MR) is 53.2 cm³/mol. The fourth-order valence-electron chi connectivity index (χ4n) is 1.69. The van der Waals surface area contributed by atoms with E-state index in [1.807, 2.05) is 18.0 Å². The fourth-order valence-corrected chi connectivity index (χ4v) is 1.69. The molecule has 0 bridgehead atoms. The van der Waals surface area contributed by atoms with Crippen LogP contribution in [0.4, 0.5) is 0 Å². The standard InChI is InChI=1S/C10H15N3O/c1-12(2)10(14)9-5-4-8(6-7-11)13(9)3/h6,9H,4-5H2,1-3H3/b8-6-. The van der Waals surface area contributed by atoms with E-state index in [1.165, 1.54) is 6.08 Å². The van der Waals surface area contributed by atoms with Crippen LogP contribution < -0.4 is 0 Å². The Morgan fingerprint density at radius 1 is 1.71 bits per heavy atom. The van der Waals surface area contributed by atoms with E-state index in [4.69, 9.17) is 5.26 Å². The van der Waals surface area contributed by atoms with Crippen molar-refractivity contribution in [3.8, 4) is 6.07 Å². The monoisotopic (exact) mass is 193 g/mol. The van der Waals surface area contributed by atoms with Crippen LogP contribution in [0.5, 0.6) is 0 Å². The van der Waals surface area contributed by atoms with Gasteiger partial charge in [0.15, 0.2) is 0 Å². The number of likely N-dealkylation sites (N-methyl/N-ethyl adjacent to an activating group) is 2. The first-order valence-electron chi connectivity index (χ1n) is 4.60. The molecular formula is C10H15N3O. The van der Waals surface area contributed by atoms with Gasteiger partial charge in [0.25, 0.3) is 0 Å². The minimum Gasteiger partial charge on any atom is -0.365 e. The van der Waals surface area contributed by atoms with Gasteiger partial charge in [0.2, 0.25) is 5.91 Å². The highest BCUT2D eigenvalue weighted by molar-refractivity contribution is 5.82. The van der Waals surface area contributed by atoms with E-state index < -0.39 is 0 Å². The summed E-state index contributed by atoms with van der Waals surface area (Å²) in [6.45, 7) is 0. The summed E-state index contributed by atoms with van der Waals surface area (Å²) in [6, 6.07) is 1.91. The van der Waals surface area contributed by atoms with Crippen LogP contribution in [0.3, 0.4) is 0 Å². The maximum Gasteiger partial charge on any atom is 0.244 e. The third-order valence-electron chi connectivity index (χ3n) is 2.55. The minimum absolute atomic E-state index is 0.0930. The predicted octanol–water partition coefficient (Wildman–Crippen LogP) is 0.576. The molecule has 1 atom stereocenters. The normalized spacial score (nSPS) is 23.7. The Hall–Kier alpha value is -1.50. The van der Waals surface area contributed by atoms with Crippen LogP contribution in [0, 0.1) is 11.3 Å². The SMILES string of the molecule is CN(C)C(=O)C1CC/C(=C/C#N)N1C. The van der Waals surface area contributed by atoms with Crippen molar-refractivity contribution in [1.82, 2.24) is 9.80 Å². The number of rotatable bonds is 1. The third-order valence-corrected chi connectivity index (χ3v) is 2.55. The molecule has 76 valence electrons. The summed E-state index contributed by atoms with van der Waals surface area (Å²) in [7, 11) is 5.37. The Balaban J connectivity index is 2.75. The number of allylic oxidation sites excluding steroid dienone is 2. The summed E-state index contributed by atoms with van der Waals surface area (Å²) in [4.78, 5) is 15.2. The van der Waals surface area contributed by atoms with Gasteiger partial charge < -0.3 is 9.80 Å². The molecule has 0 aliphatic carbocycles. The maximum absolute atomic E-state index is 11.7. The number of carbonyl (C=O) groups excluding carboxylic acids is 1. The molecule has 0 N–H and O–H groups in total. The first-order valence-corrected chi connectivity index (χ1v) is 4.60. The van der Waals surface area contributed by atoms with Crippen molar-refractivity contribution in [2.45, 2.75) is 18.9 Å². The summed E-state index contributed by atoms with van der Waals surface area (Å²) in [5.74, 6) is 0.105. The summed E-state index contributed by atoms with van der Waals surface area (Å²) in [5.41, 5.74) is 0.952. The van der Waals surface area contributed by atoms with Crippen molar-refractivity contribution < 1.29 is 4.79 Å². The first kappa shape index (κ1) is 10.6. The van der Waals surface area contributed by atoms with Crippen LogP contribution in [0.1, 0.15) is 12.8 Å². The Morgan fingerprint density at radius 3 is 2.86 bits per heavy atom. The molecule has 1 aliphatic heterocycles. The number of nitrogens with zero attached hydrogens (tertiary/aromatic N) is 3. The maximum atomic E-state index is 11.7. The van der Waals surface area contributed by atoms with Gasteiger partial charge in [-0.05, 0) is 12.8 Å². The molecule has 0 radical (unpaired) electrons. The molecule has 0 aromatic carbocycles. The Labute approximate surface area is 84.4 Å². The van der Waals surface area contributed by atoms with Gasteiger partial charge in [-0.1, -0.05) is 0 Å². The van der Waals surface area contributed by atoms with Crippen LogP contribution in [-0.2, 0) is 4.79 Å². The van der Waals surface area contributed by atoms with Gasteiger partial charge in [-0.15, -0.1) is 0 Å². The van der Waals surface area contributed by atoms with E-state index in [0.29, 0.717) is 0 Å². The van der Waals surface area contributed by atoms with Gasteiger partial charge in [-0.2, -0.15) is 5.26 Å². The van der Waals surface area contributed by atoms with E-state index in [2.05, 4.69) is 0 Å². The molecule has 14 heavy (non-hydrogen) atoms. The van der Waals surface area contributed by atoms with E-state index in [9.17, 15) is 4.79 Å². The van der Waals surface area contributed by atoms with E-state index >= 15 is 0 Å². The van der Waals surface area contributed by atoms with Crippen LogP contribution >= 0.6 is 0 Å². The zero-order chi connectivity index (χ0) is 10.7. The van der Waals surface area contributed by atoms with Crippen molar-refractivity contribution >= 4 is 5.91 Å². The average molecular weight is 193 g/mol. The van der Waals surface area contributed by atoms with Crippen LogP contribution in [-0.4, -0.2) is 42.9 Å². The Kier molecular flexibility index (Phi) is 3.13. The molecule has 1 amide bonds. The molecule has 1 heterocycles. The van der Waals surface area contributed by atoms with E-state index in [1.54, 1.807) is 19.0 Å². The lowest BCUT2D eigenvalue weighted by atomic mass is 10.2. The molecule has 0 aromatic rings. The fraction of sp³-hybridized carbons (Fsp3) is 0.600. The molecule has 1 aliphatic rings. The second-order valence-electron chi connectivity index (χ2n) is 3.66. The van der Waals surface area contributed by atoms with Gasteiger partial charge in [0, 0.05) is 32.9 Å². The van der Waals surface area contributed by atoms with E-state index in [0.717, 1.165) is 18.5 Å². The number of nitriles is 1. The lowest BCUT2D eigenvalue weighted by Crippen LogP contribution is -2.40. The zero-order valence-electron chi connectivity index (χ0n) is 8.82. The molecule has 0 saturated carbocycles. The van der Waals surface area contributed by atoms with Crippen LogP contribution in [0.25, 0.3) is 0 Å². The molecular weight excluding hydrogens is 178 g/mol. The molecule has 0 spiro atoms. The van der Waals surface area contributed by atoms with Gasteiger partial charge in [0.05, 0.1) is 6.07 Å². The molecule has 4 heteroatoms. The molecule has 1 rings (SSSR count). The Bertz CT molecular complexity index is 301. The number of likely N-dealkylation sites (tertiary alicyclic amines) is 1.